The van der Waals surface area contributed by atoms with Gasteiger partial charge in [-0.05, 0) is 38.0 Å². The van der Waals surface area contributed by atoms with Crippen molar-refractivity contribution in [1.29, 1.82) is 0 Å². The highest BCUT2D eigenvalue weighted by atomic mass is 16.5. The number of rotatable bonds is 6. The number of aliphatic hydroxyl groups excluding tert-OH is 1. The summed E-state index contributed by atoms with van der Waals surface area (Å²) in [6.45, 7) is 0.930. The molecule has 1 amide bonds. The molecule has 0 saturated heterocycles. The van der Waals surface area contributed by atoms with E-state index in [0.29, 0.717) is 25.0 Å². The highest BCUT2D eigenvalue weighted by molar-refractivity contribution is 5.76. The minimum atomic E-state index is 0.129. The van der Waals surface area contributed by atoms with Crippen molar-refractivity contribution in [2.24, 2.45) is 5.92 Å². The van der Waals surface area contributed by atoms with Gasteiger partial charge in [0.25, 0.3) is 0 Å². The highest BCUT2D eigenvalue weighted by Gasteiger charge is 2.21. The van der Waals surface area contributed by atoms with E-state index in [2.05, 4.69) is 5.32 Å². The lowest BCUT2D eigenvalue weighted by Crippen LogP contribution is -2.38. The standard InChI is InChI=1S/C12H23NO3/c1-16-8-2-3-12(15)13-11-6-4-10(9-14)5-7-11/h10-11,14H,2-9H2,1H3,(H,13,15). The Kier molecular flexibility index (Phi) is 6.42. The molecule has 0 unspecified atom stereocenters. The van der Waals surface area contributed by atoms with Crippen molar-refractivity contribution >= 4 is 5.91 Å². The van der Waals surface area contributed by atoms with Gasteiger partial charge in [0.2, 0.25) is 5.91 Å². The number of carbonyl (C=O) groups excluding carboxylic acids is 1. The van der Waals surface area contributed by atoms with E-state index in [9.17, 15) is 4.79 Å². The lowest BCUT2D eigenvalue weighted by atomic mass is 9.86. The Morgan fingerprint density at radius 3 is 2.62 bits per heavy atom. The second-order valence-electron chi connectivity index (χ2n) is 4.56. The molecule has 2 N–H and O–H groups in total. The molecule has 0 aromatic carbocycles. The summed E-state index contributed by atoms with van der Waals surface area (Å²) in [6, 6.07) is 0.317. The fourth-order valence-electron chi connectivity index (χ4n) is 2.17. The van der Waals surface area contributed by atoms with Crippen LogP contribution in [0, 0.1) is 5.92 Å². The molecule has 16 heavy (non-hydrogen) atoms. The first kappa shape index (κ1) is 13.5. The fraction of sp³-hybridized carbons (Fsp3) is 0.917. The lowest BCUT2D eigenvalue weighted by molar-refractivity contribution is -0.122. The van der Waals surface area contributed by atoms with Crippen molar-refractivity contribution in [2.45, 2.75) is 44.6 Å². The monoisotopic (exact) mass is 229 g/mol. The molecule has 4 heteroatoms. The fourth-order valence-corrected chi connectivity index (χ4v) is 2.17. The van der Waals surface area contributed by atoms with Crippen LogP contribution in [0.4, 0.5) is 0 Å². The maximum Gasteiger partial charge on any atom is 0.220 e. The molecule has 0 radical (unpaired) electrons. The summed E-state index contributed by atoms with van der Waals surface area (Å²) in [7, 11) is 1.65. The van der Waals surface area contributed by atoms with E-state index in [-0.39, 0.29) is 12.5 Å². The van der Waals surface area contributed by atoms with Gasteiger partial charge in [-0.15, -0.1) is 0 Å². The van der Waals surface area contributed by atoms with Crippen LogP contribution in [0.3, 0.4) is 0 Å². The van der Waals surface area contributed by atoms with Gasteiger partial charge in [-0.1, -0.05) is 0 Å². The second kappa shape index (κ2) is 7.63. The van der Waals surface area contributed by atoms with Gasteiger partial charge in [0.1, 0.15) is 0 Å². The van der Waals surface area contributed by atoms with Crippen molar-refractivity contribution in [1.82, 2.24) is 5.32 Å². The number of aliphatic hydroxyl groups is 1. The predicted octanol–water partition coefficient (Wildman–Crippen LogP) is 1.08. The van der Waals surface area contributed by atoms with Crippen LogP contribution in [0.2, 0.25) is 0 Å². The van der Waals surface area contributed by atoms with E-state index in [1.807, 2.05) is 0 Å². The summed E-state index contributed by atoms with van der Waals surface area (Å²) in [5, 5.41) is 12.0. The molecular formula is C12H23NO3. The van der Waals surface area contributed by atoms with E-state index in [4.69, 9.17) is 9.84 Å². The number of hydrogen-bond donors (Lipinski definition) is 2. The minimum absolute atomic E-state index is 0.129. The van der Waals surface area contributed by atoms with E-state index >= 15 is 0 Å². The molecular weight excluding hydrogens is 206 g/mol. The molecule has 0 aliphatic heterocycles. The molecule has 0 bridgehead atoms. The van der Waals surface area contributed by atoms with Gasteiger partial charge < -0.3 is 15.2 Å². The topological polar surface area (TPSA) is 58.6 Å². The summed E-state index contributed by atoms with van der Waals surface area (Å²) < 4.78 is 4.90. The minimum Gasteiger partial charge on any atom is -0.396 e. The number of ether oxygens (including phenoxy) is 1. The Labute approximate surface area is 97.4 Å². The van der Waals surface area contributed by atoms with Crippen LogP contribution in [-0.2, 0) is 9.53 Å². The Hall–Kier alpha value is -0.610. The quantitative estimate of drug-likeness (QED) is 0.670. The van der Waals surface area contributed by atoms with Crippen molar-refractivity contribution in [3.63, 3.8) is 0 Å². The van der Waals surface area contributed by atoms with Crippen LogP contribution in [0.5, 0.6) is 0 Å². The molecule has 1 rings (SSSR count). The van der Waals surface area contributed by atoms with Gasteiger partial charge in [-0.25, -0.2) is 0 Å². The van der Waals surface area contributed by atoms with Gasteiger partial charge in [0.15, 0.2) is 0 Å². The zero-order valence-electron chi connectivity index (χ0n) is 10.1. The average molecular weight is 229 g/mol. The Bertz CT molecular complexity index is 200. The maximum absolute atomic E-state index is 11.5. The number of methoxy groups -OCH3 is 1. The predicted molar refractivity (Wildman–Crippen MR) is 62.1 cm³/mol. The van der Waals surface area contributed by atoms with Crippen LogP contribution in [0.15, 0.2) is 0 Å². The number of amides is 1. The normalized spacial score (nSPS) is 25.4. The van der Waals surface area contributed by atoms with Gasteiger partial charge in [0.05, 0.1) is 0 Å². The van der Waals surface area contributed by atoms with E-state index in [1.165, 1.54) is 0 Å². The van der Waals surface area contributed by atoms with Gasteiger partial charge >= 0.3 is 0 Å². The van der Waals surface area contributed by atoms with E-state index in [0.717, 1.165) is 32.1 Å². The molecule has 0 aromatic rings. The SMILES string of the molecule is COCCCC(=O)NC1CCC(CO)CC1. The Morgan fingerprint density at radius 1 is 1.38 bits per heavy atom. The largest absolute Gasteiger partial charge is 0.396 e. The smallest absolute Gasteiger partial charge is 0.220 e. The Balaban J connectivity index is 2.10. The van der Waals surface area contributed by atoms with Gasteiger partial charge in [0, 0.05) is 32.8 Å². The van der Waals surface area contributed by atoms with E-state index < -0.39 is 0 Å². The first-order valence-corrected chi connectivity index (χ1v) is 6.15. The van der Waals surface area contributed by atoms with Crippen molar-refractivity contribution < 1.29 is 14.6 Å². The van der Waals surface area contributed by atoms with Crippen LogP contribution in [0.1, 0.15) is 38.5 Å². The number of carbonyl (C=O) groups is 1. The third-order valence-corrected chi connectivity index (χ3v) is 3.22. The van der Waals surface area contributed by atoms with Crippen LogP contribution < -0.4 is 5.32 Å². The van der Waals surface area contributed by atoms with Gasteiger partial charge in [-0.2, -0.15) is 0 Å². The van der Waals surface area contributed by atoms with Crippen LogP contribution >= 0.6 is 0 Å². The number of hydrogen-bond acceptors (Lipinski definition) is 3. The Morgan fingerprint density at radius 2 is 2.06 bits per heavy atom. The molecule has 4 nitrogen and oxygen atoms in total. The molecule has 94 valence electrons. The summed E-state index contributed by atoms with van der Waals surface area (Å²) in [5.74, 6) is 0.575. The first-order chi connectivity index (χ1) is 7.76. The molecule has 0 aromatic heterocycles. The lowest BCUT2D eigenvalue weighted by Gasteiger charge is -2.27. The summed E-state index contributed by atoms with van der Waals surface area (Å²) in [4.78, 5) is 11.5. The van der Waals surface area contributed by atoms with Crippen molar-refractivity contribution in [2.75, 3.05) is 20.3 Å². The maximum atomic E-state index is 11.5. The molecule has 0 spiro atoms. The zero-order valence-corrected chi connectivity index (χ0v) is 10.1. The zero-order chi connectivity index (χ0) is 11.8. The third-order valence-electron chi connectivity index (χ3n) is 3.22. The summed E-state index contributed by atoms with van der Waals surface area (Å²) in [6.07, 6.45) is 5.39. The molecule has 1 fully saturated rings. The second-order valence-corrected chi connectivity index (χ2v) is 4.56. The molecule has 1 aliphatic carbocycles. The van der Waals surface area contributed by atoms with Gasteiger partial charge in [-0.3, -0.25) is 4.79 Å². The third kappa shape index (κ3) is 4.94. The molecule has 1 saturated carbocycles. The number of nitrogens with one attached hydrogen (secondary N) is 1. The van der Waals surface area contributed by atoms with Crippen LogP contribution in [-0.4, -0.2) is 37.4 Å². The van der Waals surface area contributed by atoms with E-state index in [1.54, 1.807) is 7.11 Å². The average Bonchev–Trinajstić information content (AvgIpc) is 2.30. The molecule has 0 heterocycles. The summed E-state index contributed by atoms with van der Waals surface area (Å²) in [5.41, 5.74) is 0. The first-order valence-electron chi connectivity index (χ1n) is 6.15. The molecule has 0 atom stereocenters. The van der Waals surface area contributed by atoms with Crippen molar-refractivity contribution in [3.8, 4) is 0 Å². The molecule has 1 aliphatic rings. The summed E-state index contributed by atoms with van der Waals surface area (Å²) >= 11 is 0. The van der Waals surface area contributed by atoms with Crippen molar-refractivity contribution in [3.05, 3.63) is 0 Å². The highest BCUT2D eigenvalue weighted by Crippen LogP contribution is 2.23. The van der Waals surface area contributed by atoms with Crippen LogP contribution in [0.25, 0.3) is 0 Å².